The molecule has 2 rings (SSSR count). The highest BCUT2D eigenvalue weighted by Gasteiger charge is 2.29. The quantitative estimate of drug-likeness (QED) is 0.893. The predicted octanol–water partition coefficient (Wildman–Crippen LogP) is 2.27. The molecule has 0 unspecified atom stereocenters. The van der Waals surface area contributed by atoms with Crippen LogP contribution in [0.15, 0.2) is 12.1 Å². The Labute approximate surface area is 141 Å². The maximum absolute atomic E-state index is 12.4. The van der Waals surface area contributed by atoms with Gasteiger partial charge in [-0.15, -0.1) is 0 Å². The van der Waals surface area contributed by atoms with Gasteiger partial charge in [0.05, 0.1) is 19.1 Å². The summed E-state index contributed by atoms with van der Waals surface area (Å²) in [6.45, 7) is 2.59. The van der Waals surface area contributed by atoms with Crippen molar-refractivity contribution in [1.82, 2.24) is 4.31 Å². The first-order valence-electron chi connectivity index (χ1n) is 7.32. The van der Waals surface area contributed by atoms with Crippen molar-refractivity contribution in [3.8, 4) is 5.75 Å². The number of rotatable bonds is 4. The highest BCUT2D eigenvalue weighted by atomic mass is 35.5. The molecule has 0 atom stereocenters. The molecule has 0 saturated carbocycles. The Morgan fingerprint density at radius 3 is 2.48 bits per heavy atom. The van der Waals surface area contributed by atoms with Crippen LogP contribution in [0.4, 0.5) is 5.69 Å². The first-order chi connectivity index (χ1) is 10.7. The standard InChI is InChI=1S/C15H21ClN2O4S/c1-10-8-13(14(22-2)9-12(10)16)17-15(19)11-4-6-18(7-5-11)23(3,20)21/h8-9,11H,4-7H2,1-3H3,(H,17,19). The van der Waals surface area contributed by atoms with Gasteiger partial charge in [0.1, 0.15) is 5.75 Å². The van der Waals surface area contributed by atoms with Gasteiger partial charge in [0.15, 0.2) is 0 Å². The molecule has 0 radical (unpaired) electrons. The number of carbonyl (C=O) groups excluding carboxylic acids is 1. The number of methoxy groups -OCH3 is 1. The number of benzene rings is 1. The summed E-state index contributed by atoms with van der Waals surface area (Å²) in [7, 11) is -1.67. The van der Waals surface area contributed by atoms with E-state index in [0.717, 1.165) is 5.56 Å². The lowest BCUT2D eigenvalue weighted by Gasteiger charge is -2.29. The van der Waals surface area contributed by atoms with Crippen LogP contribution >= 0.6 is 11.6 Å². The topological polar surface area (TPSA) is 75.7 Å². The summed E-state index contributed by atoms with van der Waals surface area (Å²) in [5.74, 6) is 0.161. The second-order valence-electron chi connectivity index (χ2n) is 5.73. The highest BCUT2D eigenvalue weighted by molar-refractivity contribution is 7.88. The lowest BCUT2D eigenvalue weighted by atomic mass is 9.97. The van der Waals surface area contributed by atoms with Crippen LogP contribution in [0.25, 0.3) is 0 Å². The average molecular weight is 361 g/mol. The molecule has 0 spiro atoms. The van der Waals surface area contributed by atoms with Crippen LogP contribution in [-0.4, -0.2) is 45.1 Å². The van der Waals surface area contributed by atoms with Crippen molar-refractivity contribution in [3.63, 3.8) is 0 Å². The van der Waals surface area contributed by atoms with E-state index in [1.165, 1.54) is 17.7 Å². The highest BCUT2D eigenvalue weighted by Crippen LogP contribution is 2.32. The summed E-state index contributed by atoms with van der Waals surface area (Å²) in [5, 5.41) is 3.43. The number of hydrogen-bond acceptors (Lipinski definition) is 4. The maximum atomic E-state index is 12.4. The van der Waals surface area contributed by atoms with E-state index in [-0.39, 0.29) is 11.8 Å². The molecule has 1 amide bonds. The van der Waals surface area contributed by atoms with Crippen LogP contribution in [0.5, 0.6) is 5.75 Å². The van der Waals surface area contributed by atoms with E-state index in [4.69, 9.17) is 16.3 Å². The Hall–Kier alpha value is -1.31. The summed E-state index contributed by atoms with van der Waals surface area (Å²) in [4.78, 5) is 12.4. The molecule has 1 N–H and O–H groups in total. The van der Waals surface area contributed by atoms with Crippen LogP contribution in [0.3, 0.4) is 0 Å². The molecule has 0 bridgehead atoms. The summed E-state index contributed by atoms with van der Waals surface area (Å²) in [6.07, 6.45) is 2.20. The molecule has 1 aromatic rings. The van der Waals surface area contributed by atoms with Gasteiger partial charge in [0, 0.05) is 30.1 Å². The van der Waals surface area contributed by atoms with E-state index in [0.29, 0.717) is 42.4 Å². The van der Waals surface area contributed by atoms with Gasteiger partial charge in [-0.2, -0.15) is 0 Å². The molecule has 1 heterocycles. The fourth-order valence-electron chi connectivity index (χ4n) is 2.61. The number of carbonyl (C=O) groups is 1. The molecule has 23 heavy (non-hydrogen) atoms. The SMILES string of the molecule is COc1cc(Cl)c(C)cc1NC(=O)C1CCN(S(C)(=O)=O)CC1. The number of piperidine rings is 1. The maximum Gasteiger partial charge on any atom is 0.227 e. The van der Waals surface area contributed by atoms with E-state index >= 15 is 0 Å². The summed E-state index contributed by atoms with van der Waals surface area (Å²) < 4.78 is 29.7. The molecular weight excluding hydrogens is 340 g/mol. The predicted molar refractivity (Wildman–Crippen MR) is 90.5 cm³/mol. The van der Waals surface area contributed by atoms with E-state index in [1.54, 1.807) is 12.1 Å². The van der Waals surface area contributed by atoms with Crippen LogP contribution < -0.4 is 10.1 Å². The smallest absolute Gasteiger partial charge is 0.227 e. The largest absolute Gasteiger partial charge is 0.495 e. The van der Waals surface area contributed by atoms with E-state index in [9.17, 15) is 13.2 Å². The average Bonchev–Trinajstić information content (AvgIpc) is 2.50. The minimum absolute atomic E-state index is 0.127. The minimum Gasteiger partial charge on any atom is -0.495 e. The van der Waals surface area contributed by atoms with E-state index < -0.39 is 10.0 Å². The Morgan fingerprint density at radius 2 is 1.96 bits per heavy atom. The zero-order chi connectivity index (χ0) is 17.2. The molecule has 1 saturated heterocycles. The normalized spacial score (nSPS) is 17.0. The minimum atomic E-state index is -3.19. The summed E-state index contributed by atoms with van der Waals surface area (Å²) in [6, 6.07) is 3.43. The number of hydrogen-bond donors (Lipinski definition) is 1. The van der Waals surface area contributed by atoms with Crippen molar-refractivity contribution in [1.29, 1.82) is 0 Å². The van der Waals surface area contributed by atoms with Crippen molar-refractivity contribution >= 4 is 33.2 Å². The van der Waals surface area contributed by atoms with E-state index in [2.05, 4.69) is 5.32 Å². The Bertz CT molecular complexity index is 698. The van der Waals surface area contributed by atoms with Gasteiger partial charge in [-0.25, -0.2) is 12.7 Å². The fraction of sp³-hybridized carbons (Fsp3) is 0.533. The fourth-order valence-corrected chi connectivity index (χ4v) is 3.64. The number of ether oxygens (including phenoxy) is 1. The van der Waals surface area contributed by atoms with Gasteiger partial charge in [0.2, 0.25) is 15.9 Å². The third-order valence-electron chi connectivity index (χ3n) is 4.03. The van der Waals surface area contributed by atoms with Gasteiger partial charge >= 0.3 is 0 Å². The monoisotopic (exact) mass is 360 g/mol. The Morgan fingerprint density at radius 1 is 1.35 bits per heavy atom. The van der Waals surface area contributed by atoms with Crippen molar-refractivity contribution in [2.75, 3.05) is 31.8 Å². The van der Waals surface area contributed by atoms with Crippen molar-refractivity contribution in [2.24, 2.45) is 5.92 Å². The second-order valence-corrected chi connectivity index (χ2v) is 8.12. The summed E-state index contributed by atoms with van der Waals surface area (Å²) in [5.41, 5.74) is 1.42. The molecule has 8 heteroatoms. The lowest BCUT2D eigenvalue weighted by Crippen LogP contribution is -2.40. The van der Waals surface area contributed by atoms with Gasteiger partial charge in [-0.1, -0.05) is 11.6 Å². The van der Waals surface area contributed by atoms with Gasteiger partial charge in [0.25, 0.3) is 0 Å². The number of sulfonamides is 1. The third-order valence-corrected chi connectivity index (χ3v) is 5.74. The third kappa shape index (κ3) is 4.37. The van der Waals surface area contributed by atoms with Crippen molar-refractivity contribution < 1.29 is 17.9 Å². The zero-order valence-electron chi connectivity index (χ0n) is 13.4. The van der Waals surface area contributed by atoms with Crippen LogP contribution in [0.1, 0.15) is 18.4 Å². The molecule has 0 aromatic heterocycles. The first-order valence-corrected chi connectivity index (χ1v) is 9.55. The Kier molecular flexibility index (Phi) is 5.54. The molecule has 1 aliphatic heterocycles. The number of aryl methyl sites for hydroxylation is 1. The van der Waals surface area contributed by atoms with Crippen LogP contribution in [-0.2, 0) is 14.8 Å². The molecule has 6 nitrogen and oxygen atoms in total. The van der Waals surface area contributed by atoms with Crippen molar-refractivity contribution in [2.45, 2.75) is 19.8 Å². The summed E-state index contributed by atoms with van der Waals surface area (Å²) >= 11 is 6.05. The van der Waals surface area contributed by atoms with Crippen LogP contribution in [0.2, 0.25) is 5.02 Å². The first kappa shape index (κ1) is 18.0. The molecular formula is C15H21ClN2O4S. The number of halogens is 1. The molecule has 128 valence electrons. The number of nitrogens with zero attached hydrogens (tertiary/aromatic N) is 1. The second kappa shape index (κ2) is 7.07. The zero-order valence-corrected chi connectivity index (χ0v) is 15.0. The van der Waals surface area contributed by atoms with Gasteiger partial charge < -0.3 is 10.1 Å². The number of amides is 1. The Balaban J connectivity index is 2.05. The van der Waals surface area contributed by atoms with Gasteiger partial charge in [-0.3, -0.25) is 4.79 Å². The molecule has 1 aromatic carbocycles. The number of anilines is 1. The van der Waals surface area contributed by atoms with Crippen molar-refractivity contribution in [3.05, 3.63) is 22.7 Å². The lowest BCUT2D eigenvalue weighted by molar-refractivity contribution is -0.120. The number of nitrogens with one attached hydrogen (secondary N) is 1. The molecule has 1 fully saturated rings. The molecule has 1 aliphatic rings. The molecule has 0 aliphatic carbocycles. The van der Waals surface area contributed by atoms with Gasteiger partial charge in [-0.05, 0) is 31.4 Å². The van der Waals surface area contributed by atoms with E-state index in [1.807, 2.05) is 6.92 Å². The van der Waals surface area contributed by atoms with Crippen LogP contribution in [0, 0.1) is 12.8 Å².